The lowest BCUT2D eigenvalue weighted by Gasteiger charge is -2.43. The summed E-state index contributed by atoms with van der Waals surface area (Å²) in [4.78, 5) is 12.5. The Labute approximate surface area is 133 Å². The molecule has 0 bridgehead atoms. The van der Waals surface area contributed by atoms with Crippen molar-refractivity contribution in [2.24, 2.45) is 22.2 Å². The smallest absolute Gasteiger partial charge is 0.238 e. The number of oxime groups is 1. The van der Waals surface area contributed by atoms with E-state index in [1.54, 1.807) is 12.1 Å². The summed E-state index contributed by atoms with van der Waals surface area (Å²) in [6.45, 7) is 3.83. The maximum Gasteiger partial charge on any atom is 0.238 e. The first kappa shape index (κ1) is 15.9. The van der Waals surface area contributed by atoms with Gasteiger partial charge < -0.3 is 16.3 Å². The number of anilines is 1. The summed E-state index contributed by atoms with van der Waals surface area (Å²) in [5.74, 6) is -0.0710. The molecule has 0 aromatic heterocycles. The lowest BCUT2D eigenvalue weighted by Crippen LogP contribution is -2.54. The van der Waals surface area contributed by atoms with Gasteiger partial charge in [-0.3, -0.25) is 4.79 Å². The molecule has 1 aromatic carbocycles. The summed E-state index contributed by atoms with van der Waals surface area (Å²) < 4.78 is 0. The van der Waals surface area contributed by atoms with Crippen molar-refractivity contribution in [3.8, 4) is 0 Å². The van der Waals surface area contributed by atoms with Crippen LogP contribution >= 0.6 is 23.2 Å². The van der Waals surface area contributed by atoms with Crippen LogP contribution in [0.25, 0.3) is 0 Å². The average Bonchev–Trinajstić information content (AvgIpc) is 2.39. The largest absolute Gasteiger partial charge is 0.409 e. The minimum absolute atomic E-state index is 0.0765. The van der Waals surface area contributed by atoms with E-state index in [2.05, 4.69) is 10.5 Å². The number of nitrogens with zero attached hydrogens (tertiary/aromatic N) is 1. The molecule has 0 saturated heterocycles. The van der Waals surface area contributed by atoms with Crippen molar-refractivity contribution in [2.45, 2.75) is 26.7 Å². The van der Waals surface area contributed by atoms with Gasteiger partial charge in [0, 0.05) is 5.02 Å². The number of hydrogen-bond acceptors (Lipinski definition) is 3. The molecule has 0 heterocycles. The third-order valence-electron chi connectivity index (χ3n) is 3.92. The molecule has 0 radical (unpaired) electrons. The second-order valence-corrected chi connectivity index (χ2v) is 6.43. The summed E-state index contributed by atoms with van der Waals surface area (Å²) in [7, 11) is 0. The highest BCUT2D eigenvalue weighted by atomic mass is 35.5. The Kier molecular flexibility index (Phi) is 4.35. The molecule has 7 heteroatoms. The van der Waals surface area contributed by atoms with Gasteiger partial charge in [-0.25, -0.2) is 0 Å². The number of carbonyl (C=O) groups excluding carboxylic acids is 1. The fourth-order valence-electron chi connectivity index (χ4n) is 2.72. The van der Waals surface area contributed by atoms with Gasteiger partial charge >= 0.3 is 0 Å². The van der Waals surface area contributed by atoms with Gasteiger partial charge in [0.05, 0.1) is 10.7 Å². The third kappa shape index (κ3) is 2.80. The number of hydrogen-bond donors (Lipinski definition) is 3. The molecule has 1 saturated carbocycles. The second kappa shape index (κ2) is 5.73. The van der Waals surface area contributed by atoms with Gasteiger partial charge in [0.2, 0.25) is 5.91 Å². The molecule has 0 unspecified atom stereocenters. The Morgan fingerprint density at radius 3 is 2.57 bits per heavy atom. The quantitative estimate of drug-likeness (QED) is 0.343. The van der Waals surface area contributed by atoms with Crippen LogP contribution in [-0.2, 0) is 4.79 Å². The van der Waals surface area contributed by atoms with Gasteiger partial charge in [0.25, 0.3) is 0 Å². The molecule has 21 heavy (non-hydrogen) atoms. The highest BCUT2D eigenvalue weighted by molar-refractivity contribution is 6.36. The van der Waals surface area contributed by atoms with Gasteiger partial charge in [0.15, 0.2) is 5.84 Å². The molecular weight excluding hydrogens is 313 g/mol. The van der Waals surface area contributed by atoms with Crippen LogP contribution in [0.4, 0.5) is 5.69 Å². The molecule has 1 amide bonds. The number of amidine groups is 1. The first-order chi connectivity index (χ1) is 9.80. The summed E-state index contributed by atoms with van der Waals surface area (Å²) in [5, 5.41) is 15.5. The fraction of sp³-hybridized carbons (Fsp3) is 0.429. The van der Waals surface area contributed by atoms with Crippen LogP contribution in [0, 0.1) is 18.3 Å². The van der Waals surface area contributed by atoms with Crippen molar-refractivity contribution in [2.75, 3.05) is 5.32 Å². The topological polar surface area (TPSA) is 87.7 Å². The molecule has 0 aliphatic heterocycles. The van der Waals surface area contributed by atoms with E-state index in [0.717, 1.165) is 5.56 Å². The van der Waals surface area contributed by atoms with Crippen LogP contribution in [0.3, 0.4) is 0 Å². The van der Waals surface area contributed by atoms with Gasteiger partial charge in [0.1, 0.15) is 5.41 Å². The van der Waals surface area contributed by atoms with E-state index in [9.17, 15) is 4.79 Å². The zero-order valence-corrected chi connectivity index (χ0v) is 13.3. The monoisotopic (exact) mass is 329 g/mol. The number of rotatable bonds is 3. The Morgan fingerprint density at radius 1 is 1.43 bits per heavy atom. The van der Waals surface area contributed by atoms with E-state index in [0.29, 0.717) is 34.5 Å². The lowest BCUT2D eigenvalue weighted by molar-refractivity contribution is -0.127. The van der Waals surface area contributed by atoms with Crippen LogP contribution in [0.2, 0.25) is 10.0 Å². The number of aryl methyl sites for hydroxylation is 1. The number of halogens is 2. The Morgan fingerprint density at radius 2 is 2.05 bits per heavy atom. The minimum atomic E-state index is -0.977. The highest BCUT2D eigenvalue weighted by Gasteiger charge is 2.52. The summed E-state index contributed by atoms with van der Waals surface area (Å²) in [5.41, 5.74) is 5.97. The summed E-state index contributed by atoms with van der Waals surface area (Å²) in [6, 6.07) is 3.28. The van der Waals surface area contributed by atoms with Crippen molar-refractivity contribution >= 4 is 40.6 Å². The summed E-state index contributed by atoms with van der Waals surface area (Å²) >= 11 is 12.2. The molecule has 0 spiro atoms. The Bertz CT molecular complexity index is 610. The molecule has 114 valence electrons. The number of nitrogens with two attached hydrogens (primary N) is 1. The lowest BCUT2D eigenvalue weighted by atomic mass is 9.61. The van der Waals surface area contributed by atoms with Crippen molar-refractivity contribution in [3.05, 3.63) is 27.7 Å². The molecule has 1 fully saturated rings. The van der Waals surface area contributed by atoms with Crippen LogP contribution in [0.15, 0.2) is 17.3 Å². The van der Waals surface area contributed by atoms with E-state index >= 15 is 0 Å². The van der Waals surface area contributed by atoms with Crippen molar-refractivity contribution in [3.63, 3.8) is 0 Å². The average molecular weight is 330 g/mol. The van der Waals surface area contributed by atoms with Crippen LogP contribution < -0.4 is 11.1 Å². The van der Waals surface area contributed by atoms with Crippen molar-refractivity contribution < 1.29 is 10.0 Å². The maximum absolute atomic E-state index is 12.5. The predicted molar refractivity (Wildman–Crippen MR) is 84.1 cm³/mol. The van der Waals surface area contributed by atoms with E-state index in [-0.39, 0.29) is 11.7 Å². The van der Waals surface area contributed by atoms with Crippen LogP contribution in [0.1, 0.15) is 25.3 Å². The molecule has 4 N–H and O–H groups in total. The zero-order chi connectivity index (χ0) is 15.8. The van der Waals surface area contributed by atoms with Crippen LogP contribution in [0.5, 0.6) is 0 Å². The molecule has 2 rings (SSSR count). The Balaban J connectivity index is 2.27. The van der Waals surface area contributed by atoms with Crippen molar-refractivity contribution in [1.29, 1.82) is 0 Å². The van der Waals surface area contributed by atoms with E-state index in [1.807, 2.05) is 13.8 Å². The normalized spacial score (nSPS) is 25.3. The fourth-order valence-corrected chi connectivity index (χ4v) is 3.15. The number of benzene rings is 1. The molecule has 0 atom stereocenters. The molecule has 1 aromatic rings. The van der Waals surface area contributed by atoms with Gasteiger partial charge in [-0.05, 0) is 43.4 Å². The van der Waals surface area contributed by atoms with Gasteiger partial charge in [-0.1, -0.05) is 35.3 Å². The number of amides is 1. The number of carbonyl (C=O) groups is 1. The first-order valence-corrected chi connectivity index (χ1v) is 7.31. The third-order valence-corrected chi connectivity index (χ3v) is 4.64. The SMILES string of the molecule is Cc1cc(Cl)c(NC(=O)C2(/C(N)=N/O)CC(C)C2)cc1Cl. The van der Waals surface area contributed by atoms with E-state index in [1.165, 1.54) is 0 Å². The van der Waals surface area contributed by atoms with E-state index in [4.69, 9.17) is 34.1 Å². The minimum Gasteiger partial charge on any atom is -0.409 e. The predicted octanol–water partition coefficient (Wildman–Crippen LogP) is 3.40. The van der Waals surface area contributed by atoms with Crippen molar-refractivity contribution in [1.82, 2.24) is 0 Å². The highest BCUT2D eigenvalue weighted by Crippen LogP contribution is 2.46. The molecule has 1 aliphatic rings. The van der Waals surface area contributed by atoms with Gasteiger partial charge in [-0.2, -0.15) is 0 Å². The molecule has 5 nitrogen and oxygen atoms in total. The summed E-state index contributed by atoms with van der Waals surface area (Å²) in [6.07, 6.45) is 1.07. The van der Waals surface area contributed by atoms with Crippen LogP contribution in [-0.4, -0.2) is 17.0 Å². The van der Waals surface area contributed by atoms with E-state index < -0.39 is 5.41 Å². The van der Waals surface area contributed by atoms with Gasteiger partial charge in [-0.15, -0.1) is 0 Å². The zero-order valence-electron chi connectivity index (χ0n) is 11.8. The number of nitrogens with one attached hydrogen (secondary N) is 1. The molecule has 1 aliphatic carbocycles. The maximum atomic E-state index is 12.5. The standard InChI is InChI=1S/C14H17Cl2N3O2/c1-7-5-14(6-7,12(17)19-21)13(20)18-11-4-9(15)8(2)3-10(11)16/h3-4,7,21H,5-6H2,1-2H3,(H2,17,19)(H,18,20). The second-order valence-electron chi connectivity index (χ2n) is 5.62. The first-order valence-electron chi connectivity index (χ1n) is 6.55. The molecular formula is C14H17Cl2N3O2. The Hall–Kier alpha value is -1.46.